The number of aryl methyl sites for hydroxylation is 1. The summed E-state index contributed by atoms with van der Waals surface area (Å²) in [5, 5.41) is 0. The van der Waals surface area contributed by atoms with Crippen LogP contribution in [0.25, 0.3) is 0 Å². The average molecular weight is 178 g/mol. The topological polar surface area (TPSA) is 33.2 Å². The van der Waals surface area contributed by atoms with Gasteiger partial charge in [-0.2, -0.15) is 0 Å². The monoisotopic (exact) mass is 178 g/mol. The van der Waals surface area contributed by atoms with E-state index in [9.17, 15) is 4.79 Å². The summed E-state index contributed by atoms with van der Waals surface area (Å²) in [6, 6.07) is 3.70. The van der Waals surface area contributed by atoms with Crippen molar-refractivity contribution >= 4 is 5.91 Å². The molecule has 0 aliphatic heterocycles. The fourth-order valence-corrected chi connectivity index (χ4v) is 1.02. The second-order valence-corrected chi connectivity index (χ2v) is 3.09. The van der Waals surface area contributed by atoms with E-state index < -0.39 is 0 Å². The number of carbonyl (C=O) groups is 1. The molecule has 0 aromatic carbocycles. The molecule has 0 radical (unpaired) electrons. The maximum Gasteiger partial charge on any atom is 0.254 e. The van der Waals surface area contributed by atoms with Gasteiger partial charge >= 0.3 is 0 Å². The maximum absolute atomic E-state index is 11.4. The van der Waals surface area contributed by atoms with Gasteiger partial charge in [0.1, 0.15) is 0 Å². The molecule has 0 N–H and O–H groups in total. The molecule has 0 unspecified atom stereocenters. The highest BCUT2D eigenvalue weighted by atomic mass is 16.2. The van der Waals surface area contributed by atoms with Gasteiger partial charge in [0.25, 0.3) is 5.91 Å². The third-order valence-corrected chi connectivity index (χ3v) is 1.84. The number of carbonyl (C=O) groups excluding carboxylic acids is 1. The smallest absolute Gasteiger partial charge is 0.254 e. The predicted octanol–water partition coefficient (Wildman–Crippen LogP) is 1.35. The van der Waals surface area contributed by atoms with Crippen LogP contribution in [0.3, 0.4) is 0 Å². The summed E-state index contributed by atoms with van der Waals surface area (Å²) in [6.07, 6.45) is 2.53. The fraction of sp³-hybridized carbons (Fsp3) is 0.400. The summed E-state index contributed by atoms with van der Waals surface area (Å²) in [6.45, 7) is 2.04. The van der Waals surface area contributed by atoms with Gasteiger partial charge in [0, 0.05) is 26.0 Å². The molecule has 1 amide bonds. The first-order valence-electron chi connectivity index (χ1n) is 4.31. The Balaban J connectivity index is 2.86. The Morgan fingerprint density at radius 2 is 2.15 bits per heavy atom. The lowest BCUT2D eigenvalue weighted by molar-refractivity contribution is 0.0827. The summed E-state index contributed by atoms with van der Waals surface area (Å²) in [4.78, 5) is 17.1. The molecule has 0 fully saturated rings. The largest absolute Gasteiger partial charge is 0.345 e. The summed E-state index contributed by atoms with van der Waals surface area (Å²) < 4.78 is 0. The summed E-state index contributed by atoms with van der Waals surface area (Å²) in [5.74, 6) is -0.00449. The first-order valence-corrected chi connectivity index (χ1v) is 4.31. The molecule has 13 heavy (non-hydrogen) atoms. The van der Waals surface area contributed by atoms with Crippen LogP contribution >= 0.6 is 0 Å². The van der Waals surface area contributed by atoms with Crippen LogP contribution in [0.1, 0.15) is 23.0 Å². The van der Waals surface area contributed by atoms with E-state index in [0.717, 1.165) is 12.1 Å². The van der Waals surface area contributed by atoms with Gasteiger partial charge in [-0.3, -0.25) is 9.78 Å². The molecular weight excluding hydrogens is 164 g/mol. The van der Waals surface area contributed by atoms with Crippen molar-refractivity contribution in [3.05, 3.63) is 29.6 Å². The van der Waals surface area contributed by atoms with E-state index in [1.165, 1.54) is 0 Å². The Hall–Kier alpha value is -1.38. The van der Waals surface area contributed by atoms with E-state index >= 15 is 0 Å². The Morgan fingerprint density at radius 3 is 2.54 bits per heavy atom. The molecule has 0 aliphatic rings. The van der Waals surface area contributed by atoms with E-state index in [1.54, 1.807) is 25.2 Å². The Morgan fingerprint density at radius 1 is 1.46 bits per heavy atom. The van der Waals surface area contributed by atoms with Crippen LogP contribution in [0, 0.1) is 0 Å². The summed E-state index contributed by atoms with van der Waals surface area (Å²) in [7, 11) is 3.46. The van der Waals surface area contributed by atoms with Crippen molar-refractivity contribution in [2.45, 2.75) is 13.3 Å². The van der Waals surface area contributed by atoms with Crippen LogP contribution in [0.5, 0.6) is 0 Å². The second kappa shape index (κ2) is 4.03. The first-order chi connectivity index (χ1) is 6.15. The molecule has 3 nitrogen and oxygen atoms in total. The Bertz CT molecular complexity index is 290. The quantitative estimate of drug-likeness (QED) is 0.684. The zero-order chi connectivity index (χ0) is 9.84. The van der Waals surface area contributed by atoms with E-state index in [0.29, 0.717) is 5.56 Å². The highest BCUT2D eigenvalue weighted by Gasteiger charge is 2.06. The van der Waals surface area contributed by atoms with Crippen LogP contribution in [-0.4, -0.2) is 29.9 Å². The predicted molar refractivity (Wildman–Crippen MR) is 51.6 cm³/mol. The van der Waals surface area contributed by atoms with Crippen LogP contribution < -0.4 is 0 Å². The maximum atomic E-state index is 11.4. The molecule has 0 saturated heterocycles. The van der Waals surface area contributed by atoms with Gasteiger partial charge < -0.3 is 4.90 Å². The standard InChI is InChI=1S/C10H14N2O/c1-4-9-6-5-8(7-11-9)10(13)12(2)3/h5-7H,4H2,1-3H3. The lowest BCUT2D eigenvalue weighted by atomic mass is 10.2. The molecule has 1 aromatic rings. The van der Waals surface area contributed by atoms with E-state index in [1.807, 2.05) is 19.1 Å². The van der Waals surface area contributed by atoms with Crippen molar-refractivity contribution in [3.8, 4) is 0 Å². The first kappa shape index (κ1) is 9.71. The average Bonchev–Trinajstić information content (AvgIpc) is 2.17. The molecule has 0 atom stereocenters. The Kier molecular flexibility index (Phi) is 3.01. The minimum Gasteiger partial charge on any atom is -0.345 e. The number of amides is 1. The van der Waals surface area contributed by atoms with Crippen molar-refractivity contribution < 1.29 is 4.79 Å². The van der Waals surface area contributed by atoms with Gasteiger partial charge in [-0.15, -0.1) is 0 Å². The molecule has 0 aliphatic carbocycles. The van der Waals surface area contributed by atoms with Crippen molar-refractivity contribution in [1.29, 1.82) is 0 Å². The number of hydrogen-bond donors (Lipinski definition) is 0. The van der Waals surface area contributed by atoms with Crippen LogP contribution in [0.2, 0.25) is 0 Å². The number of rotatable bonds is 2. The van der Waals surface area contributed by atoms with Gasteiger partial charge in [-0.1, -0.05) is 6.92 Å². The van der Waals surface area contributed by atoms with E-state index in [2.05, 4.69) is 4.98 Å². The van der Waals surface area contributed by atoms with Gasteiger partial charge in [-0.25, -0.2) is 0 Å². The molecule has 1 rings (SSSR count). The molecule has 0 saturated carbocycles. The molecule has 0 bridgehead atoms. The van der Waals surface area contributed by atoms with Crippen molar-refractivity contribution in [3.63, 3.8) is 0 Å². The third-order valence-electron chi connectivity index (χ3n) is 1.84. The zero-order valence-corrected chi connectivity index (χ0v) is 8.24. The minimum absolute atomic E-state index is 0.00449. The molecular formula is C10H14N2O. The minimum atomic E-state index is -0.00449. The van der Waals surface area contributed by atoms with Crippen LogP contribution in [0.15, 0.2) is 18.3 Å². The number of nitrogens with zero attached hydrogens (tertiary/aromatic N) is 2. The fourth-order valence-electron chi connectivity index (χ4n) is 1.02. The number of aromatic nitrogens is 1. The SMILES string of the molecule is CCc1ccc(C(=O)N(C)C)cn1. The van der Waals surface area contributed by atoms with Gasteiger partial charge in [-0.05, 0) is 18.6 Å². The number of hydrogen-bond acceptors (Lipinski definition) is 2. The van der Waals surface area contributed by atoms with Crippen LogP contribution in [-0.2, 0) is 6.42 Å². The van der Waals surface area contributed by atoms with E-state index in [4.69, 9.17) is 0 Å². The molecule has 0 spiro atoms. The lowest BCUT2D eigenvalue weighted by Crippen LogP contribution is -2.21. The van der Waals surface area contributed by atoms with Gasteiger partial charge in [0.05, 0.1) is 5.56 Å². The van der Waals surface area contributed by atoms with Crippen molar-refractivity contribution in [2.24, 2.45) is 0 Å². The normalized spacial score (nSPS) is 9.77. The highest BCUT2D eigenvalue weighted by molar-refractivity contribution is 5.93. The molecule has 1 heterocycles. The molecule has 70 valence electrons. The van der Waals surface area contributed by atoms with Gasteiger partial charge in [0.2, 0.25) is 0 Å². The van der Waals surface area contributed by atoms with Gasteiger partial charge in [0.15, 0.2) is 0 Å². The Labute approximate surface area is 78.4 Å². The van der Waals surface area contributed by atoms with Crippen molar-refractivity contribution in [2.75, 3.05) is 14.1 Å². The summed E-state index contributed by atoms with van der Waals surface area (Å²) >= 11 is 0. The van der Waals surface area contributed by atoms with Crippen molar-refractivity contribution in [1.82, 2.24) is 9.88 Å². The third kappa shape index (κ3) is 2.28. The lowest BCUT2D eigenvalue weighted by Gasteiger charge is -2.09. The second-order valence-electron chi connectivity index (χ2n) is 3.09. The molecule has 1 aromatic heterocycles. The van der Waals surface area contributed by atoms with Crippen LogP contribution in [0.4, 0.5) is 0 Å². The molecule has 3 heteroatoms. The van der Waals surface area contributed by atoms with E-state index in [-0.39, 0.29) is 5.91 Å². The number of pyridine rings is 1. The highest BCUT2D eigenvalue weighted by Crippen LogP contribution is 2.02. The zero-order valence-electron chi connectivity index (χ0n) is 8.24. The summed E-state index contributed by atoms with van der Waals surface area (Å²) in [5.41, 5.74) is 1.65.